The Balaban J connectivity index is 1.46. The van der Waals surface area contributed by atoms with Gasteiger partial charge in [-0.15, -0.1) is 0 Å². The number of rotatable bonds is 2. The van der Waals surface area contributed by atoms with Crippen LogP contribution in [-0.4, -0.2) is 28.9 Å². The Morgan fingerprint density at radius 1 is 1.00 bits per heavy atom. The smallest absolute Gasteiger partial charge is 0.253 e. The number of hydrogen-bond acceptors (Lipinski definition) is 1. The summed E-state index contributed by atoms with van der Waals surface area (Å²) in [4.78, 5) is 17.6. The second kappa shape index (κ2) is 6.31. The van der Waals surface area contributed by atoms with Gasteiger partial charge in [-0.1, -0.05) is 6.07 Å². The van der Waals surface area contributed by atoms with E-state index in [4.69, 9.17) is 0 Å². The number of benzene rings is 2. The van der Waals surface area contributed by atoms with E-state index in [0.29, 0.717) is 24.6 Å². The van der Waals surface area contributed by atoms with Crippen LogP contribution < -0.4 is 0 Å². The number of halogens is 2. The number of likely N-dealkylation sites (tertiary alicyclic amines) is 1. The summed E-state index contributed by atoms with van der Waals surface area (Å²) < 4.78 is 26.6. The van der Waals surface area contributed by atoms with Gasteiger partial charge in [-0.2, -0.15) is 0 Å². The van der Waals surface area contributed by atoms with Gasteiger partial charge in [0.15, 0.2) is 0 Å². The van der Waals surface area contributed by atoms with Crippen molar-refractivity contribution in [2.45, 2.75) is 18.8 Å². The van der Waals surface area contributed by atoms with Gasteiger partial charge < -0.3 is 9.88 Å². The summed E-state index contributed by atoms with van der Waals surface area (Å²) >= 11 is 0. The number of carbonyl (C=O) groups is 1. The molecule has 1 aliphatic rings. The average molecular weight is 340 g/mol. The number of nitrogens with zero attached hydrogens (tertiary/aromatic N) is 1. The van der Waals surface area contributed by atoms with Gasteiger partial charge in [0, 0.05) is 41.2 Å². The van der Waals surface area contributed by atoms with E-state index in [1.165, 1.54) is 24.3 Å². The predicted octanol–water partition coefficient (Wildman–Crippen LogP) is 4.47. The van der Waals surface area contributed by atoms with E-state index < -0.39 is 5.82 Å². The molecular formula is C20H18F2N2O. The Labute approximate surface area is 144 Å². The molecule has 0 atom stereocenters. The molecule has 3 nitrogen and oxygen atoms in total. The van der Waals surface area contributed by atoms with E-state index in [1.54, 1.807) is 23.1 Å². The number of amides is 1. The first-order valence-electron chi connectivity index (χ1n) is 8.43. The maximum Gasteiger partial charge on any atom is 0.253 e. The molecule has 3 aromatic rings. The van der Waals surface area contributed by atoms with Crippen LogP contribution in [0.4, 0.5) is 8.78 Å². The summed E-state index contributed by atoms with van der Waals surface area (Å²) in [6, 6.07) is 12.5. The zero-order valence-electron chi connectivity index (χ0n) is 13.6. The van der Waals surface area contributed by atoms with Crippen LogP contribution in [0.2, 0.25) is 0 Å². The van der Waals surface area contributed by atoms with Gasteiger partial charge >= 0.3 is 0 Å². The number of fused-ring (bicyclic) bond motifs is 1. The number of nitrogens with one attached hydrogen (secondary N) is 1. The Morgan fingerprint density at radius 2 is 1.76 bits per heavy atom. The molecule has 1 aliphatic heterocycles. The van der Waals surface area contributed by atoms with Gasteiger partial charge in [0.25, 0.3) is 5.91 Å². The SMILES string of the molecule is O=C(c1cccc(F)c1)N1CCC(c2cc3cc(F)ccc3[nH]2)CC1. The van der Waals surface area contributed by atoms with E-state index in [2.05, 4.69) is 4.98 Å². The number of aromatic amines is 1. The summed E-state index contributed by atoms with van der Waals surface area (Å²) in [6.45, 7) is 1.26. The van der Waals surface area contributed by atoms with Gasteiger partial charge in [-0.05, 0) is 55.3 Å². The molecule has 1 aromatic heterocycles. The third-order valence-corrected chi connectivity index (χ3v) is 4.90. The van der Waals surface area contributed by atoms with Crippen molar-refractivity contribution in [3.63, 3.8) is 0 Å². The minimum absolute atomic E-state index is 0.128. The molecule has 0 radical (unpaired) electrons. The lowest BCUT2D eigenvalue weighted by Gasteiger charge is -2.31. The molecule has 128 valence electrons. The van der Waals surface area contributed by atoms with E-state index in [1.807, 2.05) is 6.07 Å². The minimum atomic E-state index is -0.397. The zero-order chi connectivity index (χ0) is 17.4. The Hall–Kier alpha value is -2.69. The predicted molar refractivity (Wildman–Crippen MR) is 92.5 cm³/mol. The maximum atomic E-state index is 13.3. The summed E-state index contributed by atoms with van der Waals surface area (Å²) in [7, 11) is 0. The summed E-state index contributed by atoms with van der Waals surface area (Å²) in [5.74, 6) is -0.455. The largest absolute Gasteiger partial charge is 0.358 e. The van der Waals surface area contributed by atoms with Crippen LogP contribution in [-0.2, 0) is 0 Å². The molecule has 0 aliphatic carbocycles. The zero-order valence-corrected chi connectivity index (χ0v) is 13.6. The van der Waals surface area contributed by atoms with Crippen LogP contribution in [0.25, 0.3) is 10.9 Å². The number of aromatic nitrogens is 1. The Kier molecular flexibility index (Phi) is 3.99. The van der Waals surface area contributed by atoms with Crippen LogP contribution in [0.5, 0.6) is 0 Å². The molecule has 0 saturated carbocycles. The molecular weight excluding hydrogens is 322 g/mol. The van der Waals surface area contributed by atoms with Gasteiger partial charge in [0.2, 0.25) is 0 Å². The lowest BCUT2D eigenvalue weighted by Crippen LogP contribution is -2.38. The summed E-state index contributed by atoms with van der Waals surface area (Å²) in [5, 5.41) is 0.869. The van der Waals surface area contributed by atoms with Crippen molar-refractivity contribution in [1.29, 1.82) is 0 Å². The van der Waals surface area contributed by atoms with Crippen LogP contribution in [0, 0.1) is 11.6 Å². The Morgan fingerprint density at radius 3 is 2.52 bits per heavy atom. The van der Waals surface area contributed by atoms with Crippen LogP contribution in [0.15, 0.2) is 48.5 Å². The lowest BCUT2D eigenvalue weighted by atomic mass is 9.93. The number of carbonyl (C=O) groups excluding carboxylic acids is 1. The first-order valence-corrected chi connectivity index (χ1v) is 8.43. The van der Waals surface area contributed by atoms with Crippen LogP contribution in [0.3, 0.4) is 0 Å². The second-order valence-electron chi connectivity index (χ2n) is 6.53. The molecule has 25 heavy (non-hydrogen) atoms. The molecule has 1 saturated heterocycles. The molecule has 1 N–H and O–H groups in total. The highest BCUT2D eigenvalue weighted by molar-refractivity contribution is 5.94. The highest BCUT2D eigenvalue weighted by Crippen LogP contribution is 2.30. The molecule has 0 spiro atoms. The average Bonchev–Trinajstić information content (AvgIpc) is 3.04. The van der Waals surface area contributed by atoms with Crippen molar-refractivity contribution >= 4 is 16.8 Å². The second-order valence-corrected chi connectivity index (χ2v) is 6.53. The third-order valence-electron chi connectivity index (χ3n) is 4.90. The number of H-pyrrole nitrogens is 1. The van der Waals surface area contributed by atoms with Crippen molar-refractivity contribution in [3.05, 3.63) is 71.4 Å². The van der Waals surface area contributed by atoms with Crippen molar-refractivity contribution in [3.8, 4) is 0 Å². The van der Waals surface area contributed by atoms with Crippen molar-refractivity contribution in [2.75, 3.05) is 13.1 Å². The summed E-state index contributed by atoms with van der Waals surface area (Å²) in [6.07, 6.45) is 1.66. The van der Waals surface area contributed by atoms with E-state index in [9.17, 15) is 13.6 Å². The fourth-order valence-electron chi connectivity index (χ4n) is 3.54. The first-order chi connectivity index (χ1) is 12.1. The molecule has 0 unspecified atom stereocenters. The highest BCUT2D eigenvalue weighted by atomic mass is 19.1. The first kappa shape index (κ1) is 15.8. The van der Waals surface area contributed by atoms with Gasteiger partial charge in [0.1, 0.15) is 11.6 Å². The minimum Gasteiger partial charge on any atom is -0.358 e. The van der Waals surface area contributed by atoms with Gasteiger partial charge in [0.05, 0.1) is 0 Å². The molecule has 2 aromatic carbocycles. The fraction of sp³-hybridized carbons (Fsp3) is 0.250. The highest BCUT2D eigenvalue weighted by Gasteiger charge is 2.25. The standard InChI is InChI=1S/C20H18F2N2O/c21-16-3-1-2-14(10-16)20(25)24-8-6-13(7-9-24)19-12-15-11-17(22)4-5-18(15)23-19/h1-5,10-13,23H,6-9H2. The van der Waals surface area contributed by atoms with E-state index in [-0.39, 0.29) is 11.7 Å². The number of piperidine rings is 1. The van der Waals surface area contributed by atoms with Crippen LogP contribution >= 0.6 is 0 Å². The van der Waals surface area contributed by atoms with Gasteiger partial charge in [-0.25, -0.2) is 8.78 Å². The summed E-state index contributed by atoms with van der Waals surface area (Å²) in [5.41, 5.74) is 2.40. The lowest BCUT2D eigenvalue weighted by molar-refractivity contribution is 0.0711. The number of hydrogen-bond donors (Lipinski definition) is 1. The molecule has 0 bridgehead atoms. The molecule has 2 heterocycles. The van der Waals surface area contributed by atoms with E-state index in [0.717, 1.165) is 29.4 Å². The van der Waals surface area contributed by atoms with Crippen molar-refractivity contribution in [1.82, 2.24) is 9.88 Å². The molecule has 1 amide bonds. The Bertz CT molecular complexity index is 926. The molecule has 1 fully saturated rings. The third kappa shape index (κ3) is 3.14. The van der Waals surface area contributed by atoms with Crippen molar-refractivity contribution < 1.29 is 13.6 Å². The quantitative estimate of drug-likeness (QED) is 0.734. The maximum absolute atomic E-state index is 13.3. The topological polar surface area (TPSA) is 36.1 Å². The molecule has 5 heteroatoms. The van der Waals surface area contributed by atoms with Gasteiger partial charge in [-0.3, -0.25) is 4.79 Å². The molecule has 4 rings (SSSR count). The normalized spacial score (nSPS) is 15.7. The monoisotopic (exact) mass is 340 g/mol. The fourth-order valence-corrected chi connectivity index (χ4v) is 3.54. The van der Waals surface area contributed by atoms with Crippen LogP contribution in [0.1, 0.15) is 34.8 Å². The van der Waals surface area contributed by atoms with Crippen molar-refractivity contribution in [2.24, 2.45) is 0 Å². The van der Waals surface area contributed by atoms with E-state index >= 15 is 0 Å².